The van der Waals surface area contributed by atoms with Crippen LogP contribution in [0.1, 0.15) is 181 Å². The SMILES string of the molecule is CC/C=C/C=C/C=C/C=C/C=C/CCCC(=O)OCC(COC(=O)CCCCC/C=C/C/C=C/C/C=C/C/C=C/CC)OC(=O)CCCCCCCC/C=C/C=C/CCCCC. The lowest BCUT2D eigenvalue weighted by Gasteiger charge is -2.18. The Kier molecular flexibility index (Phi) is 45.7. The summed E-state index contributed by atoms with van der Waals surface area (Å²) >= 11 is 0. The van der Waals surface area contributed by atoms with Crippen molar-refractivity contribution in [3.63, 3.8) is 0 Å². The number of carbonyl (C=O) groups is 3. The van der Waals surface area contributed by atoms with Gasteiger partial charge < -0.3 is 14.2 Å². The molecule has 346 valence electrons. The lowest BCUT2D eigenvalue weighted by molar-refractivity contribution is -0.167. The highest BCUT2D eigenvalue weighted by Gasteiger charge is 2.19. The van der Waals surface area contributed by atoms with Gasteiger partial charge in [0.1, 0.15) is 13.2 Å². The van der Waals surface area contributed by atoms with E-state index in [-0.39, 0.29) is 44.0 Å². The summed E-state index contributed by atoms with van der Waals surface area (Å²) in [5.74, 6) is -1.06. The lowest BCUT2D eigenvalue weighted by atomic mass is 10.1. The Bertz CT molecular complexity index is 1400. The van der Waals surface area contributed by atoms with Gasteiger partial charge in [-0.2, -0.15) is 0 Å². The number of esters is 3. The van der Waals surface area contributed by atoms with E-state index in [9.17, 15) is 14.4 Å². The molecule has 1 unspecified atom stereocenters. The molecule has 6 nitrogen and oxygen atoms in total. The average molecular weight is 855 g/mol. The molecule has 0 aromatic heterocycles. The van der Waals surface area contributed by atoms with Gasteiger partial charge in [-0.05, 0) is 96.3 Å². The number of hydrogen-bond acceptors (Lipinski definition) is 6. The highest BCUT2D eigenvalue weighted by atomic mass is 16.6. The maximum absolute atomic E-state index is 12.8. The molecule has 0 fully saturated rings. The number of unbranched alkanes of at least 4 members (excludes halogenated alkanes) is 13. The standard InChI is InChI=1S/C56H86O6/c1-4-7-10-13-16-19-22-25-27-29-31-34-37-40-43-46-49-55(58)61-52-53(51-60-54(57)48-45-42-39-36-33-30-24-21-18-15-12-9-6-3)62-56(59)50-47-44-41-38-35-32-28-26-23-20-17-14-11-8-5-2/h7,9-10,12,15-21,23-27,30-31,33-34,36,39,53H,4-6,8,11,13-14,22,28-29,32,35,37-38,40-52H2,1-3H3/b10-7+,12-9+,18-15+,19-16+,20-17+,24-21+,26-23+,27-25+,33-30+,34-31+,39-36+. The lowest BCUT2D eigenvalue weighted by Crippen LogP contribution is -2.30. The molecule has 0 bridgehead atoms. The summed E-state index contributed by atoms with van der Waals surface area (Å²) in [7, 11) is 0. The first-order valence-corrected chi connectivity index (χ1v) is 24.3. The Morgan fingerprint density at radius 3 is 1.27 bits per heavy atom. The van der Waals surface area contributed by atoms with Crippen LogP contribution in [0.25, 0.3) is 0 Å². The minimum atomic E-state index is -0.830. The number of hydrogen-bond donors (Lipinski definition) is 0. The number of allylic oxidation sites excluding steroid dienone is 22. The fraction of sp³-hybridized carbons (Fsp3) is 0.554. The van der Waals surface area contributed by atoms with Crippen LogP contribution in [0.5, 0.6) is 0 Å². The second-order valence-electron chi connectivity index (χ2n) is 15.4. The topological polar surface area (TPSA) is 78.9 Å². The van der Waals surface area contributed by atoms with Crippen molar-refractivity contribution in [2.24, 2.45) is 0 Å². The van der Waals surface area contributed by atoms with Gasteiger partial charge in [-0.15, -0.1) is 0 Å². The molecule has 0 N–H and O–H groups in total. The summed E-state index contributed by atoms with van der Waals surface area (Å²) in [6, 6.07) is 0. The third-order valence-corrected chi connectivity index (χ3v) is 9.53. The summed E-state index contributed by atoms with van der Waals surface area (Å²) in [4.78, 5) is 37.9. The Labute approximate surface area is 379 Å². The minimum Gasteiger partial charge on any atom is -0.462 e. The van der Waals surface area contributed by atoms with Crippen LogP contribution in [0.3, 0.4) is 0 Å². The summed E-state index contributed by atoms with van der Waals surface area (Å²) in [6.07, 6.45) is 68.7. The zero-order valence-electron chi connectivity index (χ0n) is 39.3. The molecular formula is C56H86O6. The molecule has 0 aromatic carbocycles. The molecule has 0 amide bonds. The van der Waals surface area contributed by atoms with Crippen LogP contribution in [-0.4, -0.2) is 37.2 Å². The molecular weight excluding hydrogens is 769 g/mol. The number of rotatable bonds is 41. The van der Waals surface area contributed by atoms with Crippen LogP contribution in [0.15, 0.2) is 134 Å². The first kappa shape index (κ1) is 57.5. The van der Waals surface area contributed by atoms with Gasteiger partial charge in [0.25, 0.3) is 0 Å². The molecule has 0 spiro atoms. The molecule has 1 atom stereocenters. The summed E-state index contributed by atoms with van der Waals surface area (Å²) in [5, 5.41) is 0. The van der Waals surface area contributed by atoms with E-state index in [2.05, 4.69) is 99.8 Å². The van der Waals surface area contributed by atoms with E-state index in [1.165, 1.54) is 32.1 Å². The van der Waals surface area contributed by atoms with E-state index in [1.54, 1.807) is 0 Å². The van der Waals surface area contributed by atoms with E-state index in [4.69, 9.17) is 14.2 Å². The Balaban J connectivity index is 4.59. The van der Waals surface area contributed by atoms with Crippen molar-refractivity contribution < 1.29 is 28.6 Å². The fourth-order valence-electron chi connectivity index (χ4n) is 5.92. The largest absolute Gasteiger partial charge is 0.462 e. The molecule has 0 aliphatic carbocycles. The minimum absolute atomic E-state index is 0.127. The van der Waals surface area contributed by atoms with Crippen LogP contribution in [0.4, 0.5) is 0 Å². The highest BCUT2D eigenvalue weighted by Crippen LogP contribution is 2.12. The fourth-order valence-corrected chi connectivity index (χ4v) is 5.92. The van der Waals surface area contributed by atoms with Crippen LogP contribution in [0, 0.1) is 0 Å². The second-order valence-corrected chi connectivity index (χ2v) is 15.4. The van der Waals surface area contributed by atoms with Crippen molar-refractivity contribution in [2.75, 3.05) is 13.2 Å². The summed E-state index contributed by atoms with van der Waals surface area (Å²) < 4.78 is 16.7. The van der Waals surface area contributed by atoms with Gasteiger partial charge in [-0.25, -0.2) is 0 Å². The first-order chi connectivity index (χ1) is 30.5. The second kappa shape index (κ2) is 49.2. The van der Waals surface area contributed by atoms with Gasteiger partial charge >= 0.3 is 17.9 Å². The van der Waals surface area contributed by atoms with Gasteiger partial charge in [0.15, 0.2) is 6.10 Å². The molecule has 0 saturated carbocycles. The monoisotopic (exact) mass is 855 g/mol. The molecule has 0 rings (SSSR count). The van der Waals surface area contributed by atoms with E-state index < -0.39 is 6.10 Å². The predicted octanol–water partition coefficient (Wildman–Crippen LogP) is 15.9. The van der Waals surface area contributed by atoms with E-state index in [0.717, 1.165) is 103 Å². The van der Waals surface area contributed by atoms with Crippen LogP contribution in [0.2, 0.25) is 0 Å². The van der Waals surface area contributed by atoms with Crippen LogP contribution in [-0.2, 0) is 28.6 Å². The average Bonchev–Trinajstić information content (AvgIpc) is 3.27. The quantitative estimate of drug-likeness (QED) is 0.0200. The van der Waals surface area contributed by atoms with Gasteiger partial charge in [0.05, 0.1) is 0 Å². The molecule has 0 aliphatic rings. The molecule has 0 aromatic rings. The first-order valence-electron chi connectivity index (χ1n) is 24.3. The number of carbonyl (C=O) groups excluding carboxylic acids is 3. The Morgan fingerprint density at radius 2 is 0.726 bits per heavy atom. The smallest absolute Gasteiger partial charge is 0.306 e. The van der Waals surface area contributed by atoms with Crippen molar-refractivity contribution in [3.05, 3.63) is 134 Å². The van der Waals surface area contributed by atoms with Gasteiger partial charge in [-0.3, -0.25) is 14.4 Å². The van der Waals surface area contributed by atoms with Gasteiger partial charge in [-0.1, -0.05) is 199 Å². The van der Waals surface area contributed by atoms with Crippen molar-refractivity contribution in [1.29, 1.82) is 0 Å². The van der Waals surface area contributed by atoms with Gasteiger partial charge in [0, 0.05) is 19.3 Å². The third-order valence-electron chi connectivity index (χ3n) is 9.53. The maximum Gasteiger partial charge on any atom is 0.306 e. The van der Waals surface area contributed by atoms with Crippen molar-refractivity contribution in [3.8, 4) is 0 Å². The van der Waals surface area contributed by atoms with E-state index in [0.29, 0.717) is 12.8 Å². The zero-order valence-corrected chi connectivity index (χ0v) is 39.3. The molecule has 0 heterocycles. The van der Waals surface area contributed by atoms with E-state index >= 15 is 0 Å². The van der Waals surface area contributed by atoms with E-state index in [1.807, 2.05) is 54.7 Å². The maximum atomic E-state index is 12.8. The molecule has 6 heteroatoms. The molecule has 0 aliphatic heterocycles. The van der Waals surface area contributed by atoms with Crippen LogP contribution < -0.4 is 0 Å². The van der Waals surface area contributed by atoms with Crippen LogP contribution >= 0.6 is 0 Å². The highest BCUT2D eigenvalue weighted by molar-refractivity contribution is 5.71. The third kappa shape index (κ3) is 46.6. The zero-order chi connectivity index (χ0) is 45.1. The van der Waals surface area contributed by atoms with Crippen molar-refractivity contribution in [2.45, 2.75) is 187 Å². The predicted molar refractivity (Wildman–Crippen MR) is 265 cm³/mol. The number of ether oxygens (including phenoxy) is 3. The van der Waals surface area contributed by atoms with Crippen molar-refractivity contribution in [1.82, 2.24) is 0 Å². The Hall–Kier alpha value is -4.45. The summed E-state index contributed by atoms with van der Waals surface area (Å²) in [6.45, 7) is 6.21. The van der Waals surface area contributed by atoms with Gasteiger partial charge in [0.2, 0.25) is 0 Å². The summed E-state index contributed by atoms with van der Waals surface area (Å²) in [5.41, 5.74) is 0. The molecule has 62 heavy (non-hydrogen) atoms. The normalized spacial score (nSPS) is 13.3. The molecule has 0 radical (unpaired) electrons. The Morgan fingerprint density at radius 1 is 0.355 bits per heavy atom. The van der Waals surface area contributed by atoms with Crippen molar-refractivity contribution >= 4 is 17.9 Å². The molecule has 0 saturated heterocycles.